The van der Waals surface area contributed by atoms with Crippen LogP contribution in [-0.4, -0.2) is 44.1 Å². The van der Waals surface area contributed by atoms with E-state index in [1.54, 1.807) is 7.11 Å². The second kappa shape index (κ2) is 9.37. The summed E-state index contributed by atoms with van der Waals surface area (Å²) >= 11 is 0. The maximum Gasteiger partial charge on any atom is 0.220 e. The van der Waals surface area contributed by atoms with Crippen molar-refractivity contribution in [2.24, 2.45) is 0 Å². The fourth-order valence-corrected chi connectivity index (χ4v) is 2.07. The van der Waals surface area contributed by atoms with Crippen LogP contribution in [-0.2, 0) is 11.2 Å². The Morgan fingerprint density at radius 1 is 1.30 bits per heavy atom. The Morgan fingerprint density at radius 3 is 2.70 bits per heavy atom. The van der Waals surface area contributed by atoms with Crippen molar-refractivity contribution in [2.45, 2.75) is 26.7 Å². The molecule has 1 aromatic carbocycles. The summed E-state index contributed by atoms with van der Waals surface area (Å²) in [6, 6.07) is 7.86. The molecule has 1 rings (SSSR count). The second-order valence-corrected chi connectivity index (χ2v) is 4.73. The first-order valence-electron chi connectivity index (χ1n) is 7.31. The maximum atomic E-state index is 11.8. The zero-order valence-corrected chi connectivity index (χ0v) is 12.8. The number of ether oxygens (including phenoxy) is 1. The Bertz CT molecular complexity index is 403. The van der Waals surface area contributed by atoms with Crippen molar-refractivity contribution < 1.29 is 9.53 Å². The molecule has 0 aliphatic carbocycles. The molecule has 0 spiro atoms. The molecule has 0 radical (unpaired) electrons. The quantitative estimate of drug-likeness (QED) is 0.752. The highest BCUT2D eigenvalue weighted by molar-refractivity contribution is 5.76. The Labute approximate surface area is 122 Å². The minimum absolute atomic E-state index is 0.111. The summed E-state index contributed by atoms with van der Waals surface area (Å²) in [4.78, 5) is 14.1. The van der Waals surface area contributed by atoms with E-state index in [0.29, 0.717) is 6.42 Å². The molecule has 20 heavy (non-hydrogen) atoms. The standard InChI is InChI=1S/C16H26N2O2/c1-4-18(5-2)12-11-17-16(19)10-9-14-7-6-8-15(13-14)20-3/h6-8,13H,4-5,9-12H2,1-3H3,(H,17,19). The van der Waals surface area contributed by atoms with Crippen molar-refractivity contribution in [3.8, 4) is 5.75 Å². The summed E-state index contributed by atoms with van der Waals surface area (Å²) in [5.41, 5.74) is 1.13. The van der Waals surface area contributed by atoms with Crippen LogP contribution in [0.4, 0.5) is 0 Å². The molecule has 0 atom stereocenters. The number of nitrogens with zero attached hydrogens (tertiary/aromatic N) is 1. The second-order valence-electron chi connectivity index (χ2n) is 4.73. The first-order chi connectivity index (χ1) is 9.69. The molecule has 0 saturated carbocycles. The third-order valence-electron chi connectivity index (χ3n) is 3.42. The fraction of sp³-hybridized carbons (Fsp3) is 0.562. The molecular weight excluding hydrogens is 252 g/mol. The first-order valence-corrected chi connectivity index (χ1v) is 7.31. The third-order valence-corrected chi connectivity index (χ3v) is 3.42. The van der Waals surface area contributed by atoms with Crippen LogP contribution in [0.15, 0.2) is 24.3 Å². The van der Waals surface area contributed by atoms with Crippen LogP contribution in [0.2, 0.25) is 0 Å². The summed E-state index contributed by atoms with van der Waals surface area (Å²) in [6.45, 7) is 7.95. The average molecular weight is 278 g/mol. The van der Waals surface area contributed by atoms with E-state index in [9.17, 15) is 4.79 Å². The maximum absolute atomic E-state index is 11.8. The Balaban J connectivity index is 2.25. The highest BCUT2D eigenvalue weighted by Gasteiger charge is 2.04. The van der Waals surface area contributed by atoms with Gasteiger partial charge in [-0.2, -0.15) is 0 Å². The number of nitrogens with one attached hydrogen (secondary N) is 1. The molecule has 0 fully saturated rings. The van der Waals surface area contributed by atoms with Crippen LogP contribution in [0.1, 0.15) is 25.8 Å². The molecule has 0 heterocycles. The molecule has 1 aromatic rings. The van der Waals surface area contributed by atoms with Gasteiger partial charge in [-0.1, -0.05) is 26.0 Å². The van der Waals surface area contributed by atoms with E-state index in [4.69, 9.17) is 4.74 Å². The van der Waals surface area contributed by atoms with Crippen molar-refractivity contribution >= 4 is 5.91 Å². The highest BCUT2D eigenvalue weighted by Crippen LogP contribution is 2.13. The van der Waals surface area contributed by atoms with Gasteiger partial charge in [0.05, 0.1) is 7.11 Å². The fourth-order valence-electron chi connectivity index (χ4n) is 2.07. The van der Waals surface area contributed by atoms with Crippen LogP contribution < -0.4 is 10.1 Å². The number of rotatable bonds is 9. The van der Waals surface area contributed by atoms with Crippen molar-refractivity contribution in [3.05, 3.63) is 29.8 Å². The van der Waals surface area contributed by atoms with E-state index in [0.717, 1.165) is 43.9 Å². The summed E-state index contributed by atoms with van der Waals surface area (Å²) in [6.07, 6.45) is 1.26. The van der Waals surface area contributed by atoms with Gasteiger partial charge in [-0.3, -0.25) is 4.79 Å². The predicted octanol–water partition coefficient (Wildman–Crippen LogP) is 2.09. The van der Waals surface area contributed by atoms with Gasteiger partial charge in [-0.05, 0) is 37.2 Å². The minimum Gasteiger partial charge on any atom is -0.497 e. The predicted molar refractivity (Wildman–Crippen MR) is 82.1 cm³/mol. The molecule has 112 valence electrons. The molecule has 0 aromatic heterocycles. The van der Waals surface area contributed by atoms with Gasteiger partial charge in [0.25, 0.3) is 0 Å². The first kappa shape index (κ1) is 16.5. The van der Waals surface area contributed by atoms with E-state index in [1.165, 1.54) is 0 Å². The minimum atomic E-state index is 0.111. The summed E-state index contributed by atoms with van der Waals surface area (Å²) in [7, 11) is 1.65. The van der Waals surface area contributed by atoms with Gasteiger partial charge in [0.15, 0.2) is 0 Å². The van der Waals surface area contributed by atoms with Gasteiger partial charge in [0.2, 0.25) is 5.91 Å². The van der Waals surface area contributed by atoms with Crippen LogP contribution in [0, 0.1) is 0 Å². The van der Waals surface area contributed by atoms with Crippen molar-refractivity contribution in [1.29, 1.82) is 0 Å². The number of aryl methyl sites for hydroxylation is 1. The zero-order valence-electron chi connectivity index (χ0n) is 12.8. The average Bonchev–Trinajstić information content (AvgIpc) is 2.49. The topological polar surface area (TPSA) is 41.6 Å². The number of methoxy groups -OCH3 is 1. The molecule has 0 saturated heterocycles. The largest absolute Gasteiger partial charge is 0.497 e. The number of amides is 1. The van der Waals surface area contributed by atoms with Crippen LogP contribution in [0.25, 0.3) is 0 Å². The molecule has 1 N–H and O–H groups in total. The normalized spacial score (nSPS) is 10.6. The smallest absolute Gasteiger partial charge is 0.220 e. The number of carbonyl (C=O) groups excluding carboxylic acids is 1. The Kier molecular flexibility index (Phi) is 7.73. The molecular formula is C16H26N2O2. The number of hydrogen-bond donors (Lipinski definition) is 1. The Hall–Kier alpha value is -1.55. The van der Waals surface area contributed by atoms with Gasteiger partial charge >= 0.3 is 0 Å². The summed E-state index contributed by atoms with van der Waals surface area (Å²) in [5, 5.41) is 2.97. The van der Waals surface area contributed by atoms with Crippen molar-refractivity contribution in [3.63, 3.8) is 0 Å². The lowest BCUT2D eigenvalue weighted by Crippen LogP contribution is -2.34. The van der Waals surface area contributed by atoms with Gasteiger partial charge in [0, 0.05) is 19.5 Å². The number of carbonyl (C=O) groups is 1. The number of likely N-dealkylation sites (N-methyl/N-ethyl adjacent to an activating group) is 1. The summed E-state index contributed by atoms with van der Waals surface area (Å²) in [5.74, 6) is 0.949. The molecule has 0 aliphatic heterocycles. The highest BCUT2D eigenvalue weighted by atomic mass is 16.5. The van der Waals surface area contributed by atoms with Gasteiger partial charge in [-0.25, -0.2) is 0 Å². The number of hydrogen-bond acceptors (Lipinski definition) is 3. The van der Waals surface area contributed by atoms with Crippen molar-refractivity contribution in [1.82, 2.24) is 10.2 Å². The lowest BCUT2D eigenvalue weighted by Gasteiger charge is -2.17. The monoisotopic (exact) mass is 278 g/mol. The lowest BCUT2D eigenvalue weighted by atomic mass is 10.1. The SMILES string of the molecule is CCN(CC)CCNC(=O)CCc1cccc(OC)c1. The molecule has 0 aliphatic rings. The van der Waals surface area contributed by atoms with E-state index in [2.05, 4.69) is 24.1 Å². The van der Waals surface area contributed by atoms with E-state index < -0.39 is 0 Å². The molecule has 4 heteroatoms. The molecule has 0 unspecified atom stereocenters. The summed E-state index contributed by atoms with van der Waals surface area (Å²) < 4.78 is 5.17. The van der Waals surface area contributed by atoms with Gasteiger partial charge in [0.1, 0.15) is 5.75 Å². The molecule has 0 bridgehead atoms. The van der Waals surface area contributed by atoms with E-state index >= 15 is 0 Å². The van der Waals surface area contributed by atoms with Crippen LogP contribution in [0.5, 0.6) is 5.75 Å². The Morgan fingerprint density at radius 2 is 2.05 bits per heavy atom. The molecule has 4 nitrogen and oxygen atoms in total. The lowest BCUT2D eigenvalue weighted by molar-refractivity contribution is -0.121. The van der Waals surface area contributed by atoms with Crippen LogP contribution in [0.3, 0.4) is 0 Å². The van der Waals surface area contributed by atoms with E-state index in [1.807, 2.05) is 24.3 Å². The van der Waals surface area contributed by atoms with Crippen molar-refractivity contribution in [2.75, 3.05) is 33.3 Å². The third kappa shape index (κ3) is 6.06. The number of benzene rings is 1. The van der Waals surface area contributed by atoms with E-state index in [-0.39, 0.29) is 5.91 Å². The van der Waals surface area contributed by atoms with Gasteiger partial charge < -0.3 is 15.0 Å². The zero-order chi connectivity index (χ0) is 14.8. The van der Waals surface area contributed by atoms with Crippen LogP contribution >= 0.6 is 0 Å². The van der Waals surface area contributed by atoms with Gasteiger partial charge in [-0.15, -0.1) is 0 Å². The molecule has 1 amide bonds.